The van der Waals surface area contributed by atoms with Gasteiger partial charge < -0.3 is 10.5 Å². The van der Waals surface area contributed by atoms with E-state index < -0.39 is 0 Å². The van der Waals surface area contributed by atoms with Crippen molar-refractivity contribution in [1.29, 1.82) is 0 Å². The summed E-state index contributed by atoms with van der Waals surface area (Å²) in [5.74, 6) is 0.684. The zero-order valence-corrected chi connectivity index (χ0v) is 11.0. The molecule has 0 spiro atoms. The van der Waals surface area contributed by atoms with Gasteiger partial charge in [0.05, 0.1) is 22.3 Å². The van der Waals surface area contributed by atoms with Crippen LogP contribution in [0.15, 0.2) is 18.3 Å². The van der Waals surface area contributed by atoms with E-state index in [-0.39, 0.29) is 0 Å². The zero-order valence-electron chi connectivity index (χ0n) is 9.52. The van der Waals surface area contributed by atoms with Gasteiger partial charge in [0.15, 0.2) is 5.82 Å². The van der Waals surface area contributed by atoms with E-state index in [2.05, 4.69) is 15.0 Å². The average molecular weight is 285 g/mol. The van der Waals surface area contributed by atoms with E-state index in [4.69, 9.17) is 33.7 Å². The van der Waals surface area contributed by atoms with E-state index in [1.807, 2.05) is 0 Å². The van der Waals surface area contributed by atoms with Gasteiger partial charge in [0.1, 0.15) is 11.5 Å². The van der Waals surface area contributed by atoms with Crippen LogP contribution in [0.2, 0.25) is 10.0 Å². The van der Waals surface area contributed by atoms with Crippen LogP contribution in [0.3, 0.4) is 0 Å². The number of aromatic nitrogens is 3. The molecule has 0 radical (unpaired) electrons. The van der Waals surface area contributed by atoms with Gasteiger partial charge >= 0.3 is 0 Å². The lowest BCUT2D eigenvalue weighted by Gasteiger charge is -2.06. The summed E-state index contributed by atoms with van der Waals surface area (Å²) >= 11 is 11.8. The van der Waals surface area contributed by atoms with E-state index in [9.17, 15) is 0 Å². The SMILES string of the molecule is COCc1cc(N)nc(-c2ncc(Cl)cc2Cl)n1. The molecule has 94 valence electrons. The second-order valence-corrected chi connectivity index (χ2v) is 4.37. The summed E-state index contributed by atoms with van der Waals surface area (Å²) in [6.07, 6.45) is 1.48. The molecule has 2 aromatic heterocycles. The Kier molecular flexibility index (Phi) is 3.96. The third-order valence-corrected chi connectivity index (χ3v) is 2.61. The lowest BCUT2D eigenvalue weighted by atomic mass is 10.3. The van der Waals surface area contributed by atoms with Gasteiger partial charge in [-0.3, -0.25) is 0 Å². The molecule has 0 aliphatic rings. The first-order chi connectivity index (χ1) is 8.60. The summed E-state index contributed by atoms with van der Waals surface area (Å²) in [4.78, 5) is 12.5. The van der Waals surface area contributed by atoms with Gasteiger partial charge in [-0.2, -0.15) is 0 Å². The summed E-state index contributed by atoms with van der Waals surface area (Å²) in [5, 5.41) is 0.821. The molecule has 0 atom stereocenters. The Labute approximate surface area is 114 Å². The molecule has 5 nitrogen and oxygen atoms in total. The second kappa shape index (κ2) is 5.48. The average Bonchev–Trinajstić information content (AvgIpc) is 2.28. The van der Waals surface area contributed by atoms with Gasteiger partial charge in [-0.15, -0.1) is 0 Å². The molecule has 2 aromatic rings. The highest BCUT2D eigenvalue weighted by molar-refractivity contribution is 6.35. The topological polar surface area (TPSA) is 73.9 Å². The smallest absolute Gasteiger partial charge is 0.182 e. The van der Waals surface area contributed by atoms with Crippen LogP contribution in [0, 0.1) is 0 Å². The van der Waals surface area contributed by atoms with Gasteiger partial charge in [-0.25, -0.2) is 15.0 Å². The maximum atomic E-state index is 6.05. The van der Waals surface area contributed by atoms with Crippen molar-refractivity contribution in [3.8, 4) is 11.5 Å². The molecular formula is C11H10Cl2N4O. The van der Waals surface area contributed by atoms with E-state index in [1.54, 1.807) is 19.2 Å². The predicted molar refractivity (Wildman–Crippen MR) is 70.4 cm³/mol. The number of nitrogens with zero attached hydrogens (tertiary/aromatic N) is 3. The Morgan fingerprint density at radius 1 is 1.28 bits per heavy atom. The number of hydrogen-bond donors (Lipinski definition) is 1. The molecule has 0 saturated heterocycles. The van der Waals surface area contributed by atoms with Gasteiger partial charge in [0.25, 0.3) is 0 Å². The molecule has 0 aromatic carbocycles. The summed E-state index contributed by atoms with van der Waals surface area (Å²) in [6, 6.07) is 3.21. The quantitative estimate of drug-likeness (QED) is 0.938. The van der Waals surface area contributed by atoms with Crippen LogP contribution >= 0.6 is 23.2 Å². The number of nitrogen functional groups attached to an aromatic ring is 1. The summed E-state index contributed by atoms with van der Waals surface area (Å²) in [7, 11) is 1.57. The summed E-state index contributed by atoms with van der Waals surface area (Å²) in [5.41, 5.74) is 6.80. The van der Waals surface area contributed by atoms with E-state index in [1.165, 1.54) is 6.20 Å². The highest BCUT2D eigenvalue weighted by atomic mass is 35.5. The van der Waals surface area contributed by atoms with Gasteiger partial charge in [-0.05, 0) is 6.07 Å². The summed E-state index contributed by atoms with van der Waals surface area (Å²) < 4.78 is 5.00. The molecule has 0 fully saturated rings. The van der Waals surface area contributed by atoms with Crippen molar-refractivity contribution >= 4 is 29.0 Å². The molecule has 0 amide bonds. The van der Waals surface area contributed by atoms with Crippen molar-refractivity contribution in [2.75, 3.05) is 12.8 Å². The molecule has 0 saturated carbocycles. The molecular weight excluding hydrogens is 275 g/mol. The fourth-order valence-electron chi connectivity index (χ4n) is 1.43. The van der Waals surface area contributed by atoms with Crippen LogP contribution < -0.4 is 5.73 Å². The van der Waals surface area contributed by atoms with Crippen molar-refractivity contribution in [3.05, 3.63) is 34.1 Å². The van der Waals surface area contributed by atoms with Crippen molar-refractivity contribution in [2.45, 2.75) is 6.61 Å². The van der Waals surface area contributed by atoms with Crippen molar-refractivity contribution < 1.29 is 4.74 Å². The highest BCUT2D eigenvalue weighted by Gasteiger charge is 2.11. The molecule has 2 heterocycles. The van der Waals surface area contributed by atoms with Crippen LogP contribution in [0.1, 0.15) is 5.69 Å². The minimum absolute atomic E-state index is 0.333. The monoisotopic (exact) mass is 284 g/mol. The van der Waals surface area contributed by atoms with Crippen molar-refractivity contribution in [2.24, 2.45) is 0 Å². The van der Waals surface area contributed by atoms with Crippen molar-refractivity contribution in [3.63, 3.8) is 0 Å². The van der Waals surface area contributed by atoms with Gasteiger partial charge in [0.2, 0.25) is 0 Å². The zero-order chi connectivity index (χ0) is 13.1. The largest absolute Gasteiger partial charge is 0.384 e. The standard InChI is InChI=1S/C11H10Cl2N4O/c1-18-5-7-3-9(14)17-11(16-7)10-8(13)2-6(12)4-15-10/h2-4H,5H2,1H3,(H2,14,16,17). The van der Waals surface area contributed by atoms with Gasteiger partial charge in [0, 0.05) is 19.4 Å². The van der Waals surface area contributed by atoms with Crippen LogP contribution in [-0.2, 0) is 11.3 Å². The molecule has 0 bridgehead atoms. The first-order valence-corrected chi connectivity index (χ1v) is 5.79. The third-order valence-electron chi connectivity index (χ3n) is 2.11. The number of halogens is 2. The number of nitrogens with two attached hydrogens (primary N) is 1. The summed E-state index contributed by atoms with van der Waals surface area (Å²) in [6.45, 7) is 0.338. The number of rotatable bonds is 3. The minimum atomic E-state index is 0.333. The highest BCUT2D eigenvalue weighted by Crippen LogP contribution is 2.26. The fraction of sp³-hybridized carbons (Fsp3) is 0.182. The molecule has 0 aliphatic carbocycles. The van der Waals surface area contributed by atoms with Gasteiger partial charge in [-0.1, -0.05) is 23.2 Å². The van der Waals surface area contributed by atoms with Crippen LogP contribution in [0.25, 0.3) is 11.5 Å². The van der Waals surface area contributed by atoms with Crippen LogP contribution in [0.5, 0.6) is 0 Å². The number of pyridine rings is 1. The maximum absolute atomic E-state index is 6.05. The lowest BCUT2D eigenvalue weighted by Crippen LogP contribution is -2.02. The van der Waals surface area contributed by atoms with Crippen LogP contribution in [0.4, 0.5) is 5.82 Å². The Hall–Kier alpha value is -1.43. The molecule has 18 heavy (non-hydrogen) atoms. The number of methoxy groups -OCH3 is 1. The molecule has 0 aliphatic heterocycles. The van der Waals surface area contributed by atoms with Crippen LogP contribution in [-0.4, -0.2) is 22.1 Å². The fourth-order valence-corrected chi connectivity index (χ4v) is 1.89. The minimum Gasteiger partial charge on any atom is -0.384 e. The van der Waals surface area contributed by atoms with E-state index >= 15 is 0 Å². The Morgan fingerprint density at radius 2 is 2.06 bits per heavy atom. The third kappa shape index (κ3) is 2.87. The molecule has 0 unspecified atom stereocenters. The first-order valence-electron chi connectivity index (χ1n) is 5.04. The lowest BCUT2D eigenvalue weighted by molar-refractivity contribution is 0.181. The molecule has 7 heteroatoms. The Morgan fingerprint density at radius 3 is 2.72 bits per heavy atom. The van der Waals surface area contributed by atoms with E-state index in [0.29, 0.717) is 39.7 Å². The number of anilines is 1. The maximum Gasteiger partial charge on any atom is 0.182 e. The van der Waals surface area contributed by atoms with Crippen molar-refractivity contribution in [1.82, 2.24) is 15.0 Å². The molecule has 2 rings (SSSR count). The first kappa shape index (κ1) is 13.0. The normalized spacial score (nSPS) is 10.6. The second-order valence-electron chi connectivity index (χ2n) is 3.52. The predicted octanol–water partition coefficient (Wildman–Crippen LogP) is 2.57. The Balaban J connectivity index is 2.49. The number of ether oxygens (including phenoxy) is 1. The van der Waals surface area contributed by atoms with E-state index in [0.717, 1.165) is 0 Å². The molecule has 2 N–H and O–H groups in total. The Bertz CT molecular complexity index is 577. The number of hydrogen-bond acceptors (Lipinski definition) is 5.